The SMILES string of the molecule is Cc1ccc(C(=O)Nc2ccc(CN3CCC(N(C)C)CC3)c(C)c2)cc1C#Cc1cnc2ccccn12. The quantitative estimate of drug-likeness (QED) is 0.382. The number of nitrogens with one attached hydrogen (secondary N) is 1. The van der Waals surface area contributed by atoms with Crippen LogP contribution >= 0.6 is 0 Å². The number of aryl methyl sites for hydroxylation is 2. The van der Waals surface area contributed by atoms with Crippen molar-refractivity contribution < 1.29 is 4.79 Å². The van der Waals surface area contributed by atoms with E-state index in [-0.39, 0.29) is 5.91 Å². The Hall–Kier alpha value is -3.92. The number of fused-ring (bicyclic) bond motifs is 1. The molecule has 0 spiro atoms. The van der Waals surface area contributed by atoms with E-state index in [4.69, 9.17) is 0 Å². The number of piperidine rings is 1. The summed E-state index contributed by atoms with van der Waals surface area (Å²) in [5.41, 5.74) is 7.42. The lowest BCUT2D eigenvalue weighted by atomic mass is 10.0. The largest absolute Gasteiger partial charge is 0.322 e. The maximum Gasteiger partial charge on any atom is 0.255 e. The monoisotopic (exact) mass is 505 g/mol. The topological polar surface area (TPSA) is 52.9 Å². The highest BCUT2D eigenvalue weighted by Gasteiger charge is 2.21. The highest BCUT2D eigenvalue weighted by molar-refractivity contribution is 6.04. The van der Waals surface area contributed by atoms with Crippen LogP contribution in [0.2, 0.25) is 0 Å². The standard InChI is InChI=1S/C32H35N5O/c1-23-8-9-26(20-25(23)11-13-30-21-33-31-7-5-6-16-37(30)31)32(38)34-28-12-10-27(24(2)19-28)22-36-17-14-29(15-18-36)35(3)4/h5-10,12,16,19-21,29H,14-15,17-18,22H2,1-4H3,(H,34,38). The highest BCUT2D eigenvalue weighted by atomic mass is 16.1. The van der Waals surface area contributed by atoms with E-state index >= 15 is 0 Å². The van der Waals surface area contributed by atoms with Crippen molar-refractivity contribution in [3.8, 4) is 11.8 Å². The number of benzene rings is 2. The van der Waals surface area contributed by atoms with Gasteiger partial charge in [0.25, 0.3) is 5.91 Å². The van der Waals surface area contributed by atoms with E-state index in [0.29, 0.717) is 11.6 Å². The molecule has 3 heterocycles. The first-order valence-electron chi connectivity index (χ1n) is 13.2. The van der Waals surface area contributed by atoms with Crippen LogP contribution in [0.3, 0.4) is 0 Å². The molecule has 1 fully saturated rings. The second-order valence-corrected chi connectivity index (χ2v) is 10.4. The van der Waals surface area contributed by atoms with Gasteiger partial charge in [-0.2, -0.15) is 0 Å². The number of pyridine rings is 1. The molecule has 1 amide bonds. The second kappa shape index (κ2) is 11.2. The predicted octanol–water partition coefficient (Wildman–Crippen LogP) is 5.13. The Morgan fingerprint density at radius 2 is 1.84 bits per heavy atom. The van der Waals surface area contributed by atoms with Gasteiger partial charge in [0.1, 0.15) is 11.3 Å². The lowest BCUT2D eigenvalue weighted by Crippen LogP contribution is -2.41. The van der Waals surface area contributed by atoms with Gasteiger partial charge < -0.3 is 10.2 Å². The molecule has 5 rings (SSSR count). The average molecular weight is 506 g/mol. The van der Waals surface area contributed by atoms with E-state index in [1.165, 1.54) is 24.0 Å². The number of anilines is 1. The molecule has 38 heavy (non-hydrogen) atoms. The van der Waals surface area contributed by atoms with E-state index in [2.05, 4.69) is 65.1 Å². The van der Waals surface area contributed by atoms with Gasteiger partial charge in [-0.05, 0) is 113 Å². The first-order valence-corrected chi connectivity index (χ1v) is 13.2. The zero-order valence-electron chi connectivity index (χ0n) is 22.7. The number of nitrogens with zero attached hydrogens (tertiary/aromatic N) is 4. The zero-order chi connectivity index (χ0) is 26.6. The molecule has 0 radical (unpaired) electrons. The molecule has 0 unspecified atom stereocenters. The summed E-state index contributed by atoms with van der Waals surface area (Å²) in [4.78, 5) is 22.4. The van der Waals surface area contributed by atoms with Crippen LogP contribution in [0.1, 0.15) is 51.1 Å². The third-order valence-corrected chi connectivity index (χ3v) is 7.52. The fourth-order valence-corrected chi connectivity index (χ4v) is 5.04. The summed E-state index contributed by atoms with van der Waals surface area (Å²) in [6, 6.07) is 18.4. The number of imidazole rings is 1. The summed E-state index contributed by atoms with van der Waals surface area (Å²) >= 11 is 0. The number of carbonyl (C=O) groups excluding carboxylic acids is 1. The Morgan fingerprint density at radius 1 is 1.03 bits per heavy atom. The molecule has 1 aliphatic heterocycles. The van der Waals surface area contributed by atoms with Crippen molar-refractivity contribution in [1.82, 2.24) is 19.2 Å². The Bertz CT molecular complexity index is 1520. The highest BCUT2D eigenvalue weighted by Crippen LogP contribution is 2.21. The van der Waals surface area contributed by atoms with Crippen LogP contribution in [0.4, 0.5) is 5.69 Å². The van der Waals surface area contributed by atoms with E-state index in [1.54, 1.807) is 6.20 Å². The maximum absolute atomic E-state index is 13.1. The molecule has 6 heteroatoms. The fourth-order valence-electron chi connectivity index (χ4n) is 5.04. The van der Waals surface area contributed by atoms with Gasteiger partial charge in [-0.3, -0.25) is 14.1 Å². The summed E-state index contributed by atoms with van der Waals surface area (Å²) < 4.78 is 1.96. The number of carbonyl (C=O) groups is 1. The number of hydrogen-bond acceptors (Lipinski definition) is 4. The minimum absolute atomic E-state index is 0.138. The van der Waals surface area contributed by atoms with E-state index in [1.807, 2.05) is 60.0 Å². The van der Waals surface area contributed by atoms with Gasteiger partial charge in [-0.25, -0.2) is 4.98 Å². The summed E-state index contributed by atoms with van der Waals surface area (Å²) in [7, 11) is 4.34. The van der Waals surface area contributed by atoms with Crippen molar-refractivity contribution in [3.63, 3.8) is 0 Å². The van der Waals surface area contributed by atoms with Crippen molar-refractivity contribution >= 4 is 17.2 Å². The van der Waals surface area contributed by atoms with Crippen molar-refractivity contribution in [3.05, 3.63) is 101 Å². The number of rotatable bonds is 5. The van der Waals surface area contributed by atoms with Gasteiger partial charge in [0.05, 0.1) is 6.20 Å². The summed E-state index contributed by atoms with van der Waals surface area (Å²) in [6.45, 7) is 7.32. The van der Waals surface area contributed by atoms with Crippen LogP contribution in [-0.2, 0) is 6.54 Å². The van der Waals surface area contributed by atoms with E-state index in [0.717, 1.165) is 47.8 Å². The molecule has 4 aromatic rings. The van der Waals surface area contributed by atoms with E-state index < -0.39 is 0 Å². The van der Waals surface area contributed by atoms with Crippen molar-refractivity contribution in [2.45, 2.75) is 39.3 Å². The number of aromatic nitrogens is 2. The molecule has 0 saturated carbocycles. The average Bonchev–Trinajstić information content (AvgIpc) is 3.33. The molecule has 1 aliphatic rings. The number of amides is 1. The molecule has 1 saturated heterocycles. The van der Waals surface area contributed by atoms with Crippen molar-refractivity contribution in [2.75, 3.05) is 32.5 Å². The van der Waals surface area contributed by atoms with Crippen LogP contribution < -0.4 is 5.32 Å². The lowest BCUT2D eigenvalue weighted by Gasteiger charge is -2.35. The van der Waals surface area contributed by atoms with Gasteiger partial charge in [-0.15, -0.1) is 0 Å². The molecule has 2 aromatic carbocycles. The number of hydrogen-bond donors (Lipinski definition) is 1. The molecule has 194 valence electrons. The smallest absolute Gasteiger partial charge is 0.255 e. The number of likely N-dealkylation sites (tertiary alicyclic amines) is 1. The first-order chi connectivity index (χ1) is 18.4. The summed E-state index contributed by atoms with van der Waals surface area (Å²) in [5, 5.41) is 3.07. The molecule has 6 nitrogen and oxygen atoms in total. The Morgan fingerprint density at radius 3 is 2.61 bits per heavy atom. The molecule has 0 bridgehead atoms. The Balaban J connectivity index is 1.25. The minimum Gasteiger partial charge on any atom is -0.322 e. The summed E-state index contributed by atoms with van der Waals surface area (Å²) in [5.74, 6) is 6.30. The first kappa shape index (κ1) is 25.7. The third-order valence-electron chi connectivity index (χ3n) is 7.52. The maximum atomic E-state index is 13.1. The molecule has 1 N–H and O–H groups in total. The molecular weight excluding hydrogens is 470 g/mol. The molecule has 2 aromatic heterocycles. The van der Waals surface area contributed by atoms with Gasteiger partial charge in [0.15, 0.2) is 0 Å². The van der Waals surface area contributed by atoms with E-state index in [9.17, 15) is 4.79 Å². The van der Waals surface area contributed by atoms with Gasteiger partial charge in [-0.1, -0.05) is 24.1 Å². The van der Waals surface area contributed by atoms with Gasteiger partial charge in [0, 0.05) is 35.6 Å². The van der Waals surface area contributed by atoms with Gasteiger partial charge in [0.2, 0.25) is 0 Å². The minimum atomic E-state index is -0.138. The Labute approximate surface area is 225 Å². The van der Waals surface area contributed by atoms with Crippen LogP contribution in [-0.4, -0.2) is 58.3 Å². The molecule has 0 aliphatic carbocycles. The fraction of sp³-hybridized carbons (Fsp3) is 0.312. The predicted molar refractivity (Wildman–Crippen MR) is 153 cm³/mol. The van der Waals surface area contributed by atoms with Crippen molar-refractivity contribution in [2.24, 2.45) is 0 Å². The molecule has 0 atom stereocenters. The zero-order valence-corrected chi connectivity index (χ0v) is 22.7. The Kier molecular flexibility index (Phi) is 7.59. The second-order valence-electron chi connectivity index (χ2n) is 10.4. The van der Waals surface area contributed by atoms with Crippen LogP contribution in [0.5, 0.6) is 0 Å². The van der Waals surface area contributed by atoms with Crippen LogP contribution in [0, 0.1) is 25.7 Å². The molecular formula is C32H35N5O. The van der Waals surface area contributed by atoms with Crippen LogP contribution in [0.25, 0.3) is 5.65 Å². The van der Waals surface area contributed by atoms with Crippen molar-refractivity contribution in [1.29, 1.82) is 0 Å². The third kappa shape index (κ3) is 5.80. The van der Waals surface area contributed by atoms with Gasteiger partial charge >= 0.3 is 0 Å². The van der Waals surface area contributed by atoms with Crippen LogP contribution in [0.15, 0.2) is 67.0 Å². The summed E-state index contributed by atoms with van der Waals surface area (Å²) in [6.07, 6.45) is 6.14. The normalized spacial score (nSPS) is 14.4. The lowest BCUT2D eigenvalue weighted by molar-refractivity contribution is 0.102.